The average molecular weight is 261 g/mol. The normalized spacial score (nSPS) is 13.7. The number of benzene rings is 1. The molecule has 5 heteroatoms. The minimum Gasteiger partial charge on any atom is -0.388 e. The van der Waals surface area contributed by atoms with Crippen molar-refractivity contribution in [3.8, 4) is 0 Å². The molecule has 2 amide bonds. The van der Waals surface area contributed by atoms with Crippen LogP contribution in [0.15, 0.2) is 24.3 Å². The van der Waals surface area contributed by atoms with Gasteiger partial charge in [0.1, 0.15) is 0 Å². The van der Waals surface area contributed by atoms with Gasteiger partial charge in [-0.1, -0.05) is 0 Å². The van der Waals surface area contributed by atoms with E-state index in [2.05, 4.69) is 16.0 Å². The number of hydrogen-bond donors (Lipinski definition) is 3. The number of rotatable bonds is 6. The van der Waals surface area contributed by atoms with Crippen LogP contribution < -0.4 is 16.0 Å². The Morgan fingerprint density at radius 2 is 1.74 bits per heavy atom. The fraction of sp³-hybridized carbons (Fsp3) is 0.429. The first kappa shape index (κ1) is 13.4. The van der Waals surface area contributed by atoms with Crippen LogP contribution in [-0.4, -0.2) is 32.0 Å². The smallest absolute Gasteiger partial charge is 0.251 e. The Bertz CT molecular complexity index is 452. The zero-order valence-electron chi connectivity index (χ0n) is 11.0. The largest absolute Gasteiger partial charge is 0.388 e. The van der Waals surface area contributed by atoms with Gasteiger partial charge >= 0.3 is 0 Å². The van der Waals surface area contributed by atoms with Crippen LogP contribution in [0.1, 0.15) is 23.2 Å². The van der Waals surface area contributed by atoms with Crippen molar-refractivity contribution in [3.05, 3.63) is 29.8 Å². The number of amides is 2. The van der Waals surface area contributed by atoms with Gasteiger partial charge in [-0.05, 0) is 37.1 Å². The molecule has 0 heterocycles. The maximum Gasteiger partial charge on any atom is 0.251 e. The maximum atomic E-state index is 11.8. The van der Waals surface area contributed by atoms with E-state index in [1.54, 1.807) is 12.1 Å². The molecule has 5 nitrogen and oxygen atoms in total. The van der Waals surface area contributed by atoms with Gasteiger partial charge in [0, 0.05) is 37.3 Å². The van der Waals surface area contributed by atoms with Crippen molar-refractivity contribution in [1.82, 2.24) is 10.6 Å². The lowest BCUT2D eigenvalue weighted by Crippen LogP contribution is -2.35. The van der Waals surface area contributed by atoms with Gasteiger partial charge in [0.2, 0.25) is 5.91 Å². The molecular weight excluding hydrogens is 242 g/mol. The predicted octanol–water partition coefficient (Wildman–Crippen LogP) is 0.984. The summed E-state index contributed by atoms with van der Waals surface area (Å²) in [5.41, 5.74) is 1.58. The van der Waals surface area contributed by atoms with Crippen molar-refractivity contribution in [2.45, 2.75) is 12.8 Å². The van der Waals surface area contributed by atoms with Crippen molar-refractivity contribution in [3.63, 3.8) is 0 Å². The third kappa shape index (κ3) is 3.98. The van der Waals surface area contributed by atoms with Gasteiger partial charge in [0.15, 0.2) is 0 Å². The first-order valence-electron chi connectivity index (χ1n) is 6.54. The monoisotopic (exact) mass is 261 g/mol. The summed E-state index contributed by atoms with van der Waals surface area (Å²) < 4.78 is 0. The van der Waals surface area contributed by atoms with Crippen molar-refractivity contribution < 1.29 is 9.59 Å². The molecule has 1 aromatic carbocycles. The maximum absolute atomic E-state index is 11.8. The summed E-state index contributed by atoms with van der Waals surface area (Å²) >= 11 is 0. The summed E-state index contributed by atoms with van der Waals surface area (Å²) in [6, 6.07) is 7.24. The fourth-order valence-corrected chi connectivity index (χ4v) is 1.74. The number of carbonyl (C=O) groups is 2. The molecule has 0 bridgehead atoms. The van der Waals surface area contributed by atoms with Crippen LogP contribution in [0.3, 0.4) is 0 Å². The lowest BCUT2D eigenvalue weighted by atomic mass is 10.2. The SMILES string of the molecule is CNc1ccc(C(=O)NCCNC(=O)C2CC2)cc1. The number of anilines is 1. The highest BCUT2D eigenvalue weighted by Crippen LogP contribution is 2.28. The Morgan fingerprint density at radius 3 is 2.32 bits per heavy atom. The minimum absolute atomic E-state index is 0.104. The first-order valence-corrected chi connectivity index (χ1v) is 6.54. The third-order valence-corrected chi connectivity index (χ3v) is 3.09. The zero-order chi connectivity index (χ0) is 13.7. The minimum atomic E-state index is -0.122. The van der Waals surface area contributed by atoms with Gasteiger partial charge in [-0.25, -0.2) is 0 Å². The van der Waals surface area contributed by atoms with E-state index in [-0.39, 0.29) is 17.7 Å². The Labute approximate surface area is 112 Å². The van der Waals surface area contributed by atoms with Crippen molar-refractivity contribution in [1.29, 1.82) is 0 Å². The number of hydrogen-bond acceptors (Lipinski definition) is 3. The highest BCUT2D eigenvalue weighted by Gasteiger charge is 2.28. The molecule has 1 aliphatic carbocycles. The summed E-state index contributed by atoms with van der Waals surface area (Å²) in [5, 5.41) is 8.58. The second kappa shape index (κ2) is 6.22. The van der Waals surface area contributed by atoms with Crippen LogP contribution in [-0.2, 0) is 4.79 Å². The number of carbonyl (C=O) groups excluding carboxylic acids is 2. The second-order valence-electron chi connectivity index (χ2n) is 4.65. The Kier molecular flexibility index (Phi) is 4.39. The van der Waals surface area contributed by atoms with E-state index in [4.69, 9.17) is 0 Å². The van der Waals surface area contributed by atoms with Gasteiger partial charge in [0.25, 0.3) is 5.91 Å². The fourth-order valence-electron chi connectivity index (χ4n) is 1.74. The zero-order valence-corrected chi connectivity index (χ0v) is 11.0. The molecule has 102 valence electrons. The van der Waals surface area contributed by atoms with Gasteiger partial charge in [-0.15, -0.1) is 0 Å². The molecule has 3 N–H and O–H groups in total. The summed E-state index contributed by atoms with van der Waals surface area (Å²) in [5.74, 6) is 0.195. The van der Waals surface area contributed by atoms with E-state index >= 15 is 0 Å². The standard InChI is InChI=1S/C14H19N3O2/c1-15-12-6-4-11(5-7-12)14(19)17-9-8-16-13(18)10-2-3-10/h4-7,10,15H,2-3,8-9H2,1H3,(H,16,18)(H,17,19). The van der Waals surface area contributed by atoms with E-state index in [9.17, 15) is 9.59 Å². The molecule has 19 heavy (non-hydrogen) atoms. The molecule has 0 saturated heterocycles. The summed E-state index contributed by atoms with van der Waals surface area (Å²) in [6.45, 7) is 0.931. The Hall–Kier alpha value is -2.04. The first-order chi connectivity index (χ1) is 9.20. The van der Waals surface area contributed by atoms with E-state index in [0.29, 0.717) is 18.7 Å². The van der Waals surface area contributed by atoms with Crippen molar-refractivity contribution >= 4 is 17.5 Å². The molecular formula is C14H19N3O2. The number of nitrogens with one attached hydrogen (secondary N) is 3. The van der Waals surface area contributed by atoms with Gasteiger partial charge in [-0.2, -0.15) is 0 Å². The molecule has 1 aromatic rings. The molecule has 1 saturated carbocycles. The molecule has 0 aromatic heterocycles. The topological polar surface area (TPSA) is 70.2 Å². The van der Waals surface area contributed by atoms with Crippen LogP contribution in [0.5, 0.6) is 0 Å². The Balaban J connectivity index is 1.69. The Morgan fingerprint density at radius 1 is 1.11 bits per heavy atom. The van der Waals surface area contributed by atoms with Gasteiger partial charge < -0.3 is 16.0 Å². The van der Waals surface area contributed by atoms with Gasteiger partial charge in [0.05, 0.1) is 0 Å². The quantitative estimate of drug-likeness (QED) is 0.669. The van der Waals surface area contributed by atoms with Crippen LogP contribution in [0, 0.1) is 5.92 Å². The third-order valence-electron chi connectivity index (χ3n) is 3.09. The van der Waals surface area contributed by atoms with E-state index in [0.717, 1.165) is 18.5 Å². The molecule has 0 spiro atoms. The van der Waals surface area contributed by atoms with E-state index in [1.807, 2.05) is 19.2 Å². The van der Waals surface area contributed by atoms with Crippen LogP contribution in [0.4, 0.5) is 5.69 Å². The molecule has 2 rings (SSSR count). The molecule has 1 fully saturated rings. The highest BCUT2D eigenvalue weighted by atomic mass is 16.2. The van der Waals surface area contributed by atoms with E-state index in [1.165, 1.54) is 0 Å². The lowest BCUT2D eigenvalue weighted by Gasteiger charge is -2.07. The molecule has 0 atom stereocenters. The molecule has 1 aliphatic rings. The summed E-state index contributed by atoms with van der Waals surface area (Å²) in [4.78, 5) is 23.2. The summed E-state index contributed by atoms with van der Waals surface area (Å²) in [7, 11) is 1.83. The van der Waals surface area contributed by atoms with Crippen LogP contribution in [0.2, 0.25) is 0 Å². The van der Waals surface area contributed by atoms with Crippen molar-refractivity contribution in [2.75, 3.05) is 25.5 Å². The highest BCUT2D eigenvalue weighted by molar-refractivity contribution is 5.94. The van der Waals surface area contributed by atoms with Crippen LogP contribution in [0.25, 0.3) is 0 Å². The van der Waals surface area contributed by atoms with E-state index < -0.39 is 0 Å². The predicted molar refractivity (Wildman–Crippen MR) is 74.1 cm³/mol. The van der Waals surface area contributed by atoms with Crippen LogP contribution >= 0.6 is 0 Å². The lowest BCUT2D eigenvalue weighted by molar-refractivity contribution is -0.122. The van der Waals surface area contributed by atoms with Gasteiger partial charge in [-0.3, -0.25) is 9.59 Å². The second-order valence-corrected chi connectivity index (χ2v) is 4.65. The molecule has 0 unspecified atom stereocenters. The molecule has 0 radical (unpaired) electrons. The average Bonchev–Trinajstić information content (AvgIpc) is 3.27. The van der Waals surface area contributed by atoms with Crippen molar-refractivity contribution in [2.24, 2.45) is 5.92 Å². The molecule has 0 aliphatic heterocycles. The summed E-state index contributed by atoms with van der Waals surface area (Å²) in [6.07, 6.45) is 1.99.